The van der Waals surface area contributed by atoms with Crippen LogP contribution in [-0.4, -0.2) is 39.2 Å². The lowest BCUT2D eigenvalue weighted by Gasteiger charge is -2.34. The van der Waals surface area contributed by atoms with Crippen molar-refractivity contribution in [3.05, 3.63) is 30.1 Å². The Hall–Kier alpha value is -2.52. The highest BCUT2D eigenvalue weighted by molar-refractivity contribution is 5.76. The van der Waals surface area contributed by atoms with E-state index in [9.17, 15) is 4.79 Å². The van der Waals surface area contributed by atoms with Gasteiger partial charge in [0.15, 0.2) is 0 Å². The lowest BCUT2D eigenvalue weighted by atomic mass is 10.0. The number of para-hydroxylation sites is 2. The summed E-state index contributed by atoms with van der Waals surface area (Å²) in [7, 11) is 0. The molecule has 0 unspecified atom stereocenters. The second-order valence-electron chi connectivity index (χ2n) is 7.29. The van der Waals surface area contributed by atoms with Crippen LogP contribution < -0.4 is 5.73 Å². The molecule has 1 saturated heterocycles. The van der Waals surface area contributed by atoms with Crippen LogP contribution in [0.3, 0.4) is 0 Å². The second kappa shape index (κ2) is 8.24. The maximum Gasteiger partial charge on any atom is 0.410 e. The lowest BCUT2D eigenvalue weighted by molar-refractivity contribution is 0.0189. The Kier molecular flexibility index (Phi) is 6.27. The molecule has 1 amide bonds. The Morgan fingerprint density at radius 1 is 1.27 bits per heavy atom. The average Bonchev–Trinajstić information content (AvgIpc) is 3.00. The van der Waals surface area contributed by atoms with Crippen LogP contribution in [0.5, 0.6) is 0 Å². The average molecular weight is 356 g/mol. The van der Waals surface area contributed by atoms with Crippen LogP contribution in [0.15, 0.2) is 24.3 Å². The fraction of sp³-hybridized carbons (Fsp3) is 0.500. The molecule has 2 aromatic rings. The Bertz CT molecular complexity index is 765. The Morgan fingerprint density at radius 3 is 2.46 bits per heavy atom. The van der Waals surface area contributed by atoms with E-state index in [0.29, 0.717) is 25.7 Å². The van der Waals surface area contributed by atoms with Gasteiger partial charge in [0.25, 0.3) is 0 Å². The van der Waals surface area contributed by atoms with E-state index >= 15 is 0 Å². The predicted octanol–water partition coefficient (Wildman–Crippen LogP) is 3.32. The van der Waals surface area contributed by atoms with Crippen molar-refractivity contribution < 1.29 is 9.53 Å². The lowest BCUT2D eigenvalue weighted by Crippen LogP contribution is -2.42. The smallest absolute Gasteiger partial charge is 0.410 e. The molecule has 2 N–H and O–H groups in total. The minimum absolute atomic E-state index is 0.226. The van der Waals surface area contributed by atoms with Crippen molar-refractivity contribution in [3.63, 3.8) is 0 Å². The zero-order valence-corrected chi connectivity index (χ0v) is 15.8. The van der Waals surface area contributed by atoms with E-state index in [1.807, 2.05) is 39.0 Å². The number of ether oxygens (including phenoxy) is 1. The van der Waals surface area contributed by atoms with Crippen LogP contribution in [0.4, 0.5) is 4.79 Å². The van der Waals surface area contributed by atoms with Gasteiger partial charge in [-0.2, -0.15) is 0 Å². The third kappa shape index (κ3) is 4.36. The number of benzene rings is 1. The number of likely N-dealkylation sites (tertiary alicyclic amines) is 1. The van der Waals surface area contributed by atoms with E-state index in [1.165, 1.54) is 0 Å². The van der Waals surface area contributed by atoms with Gasteiger partial charge in [-0.05, 0) is 45.7 Å². The van der Waals surface area contributed by atoms with Gasteiger partial charge in [-0.1, -0.05) is 12.1 Å². The van der Waals surface area contributed by atoms with Crippen LogP contribution in [0.1, 0.15) is 45.5 Å². The number of hydrogen-bond donors (Lipinski definition) is 1. The standard InChI is InChI=1S/C18H26N4O2.C2H2/c1-18(2,3)24-17(23)21-10-8-13(9-11-21)22-15-7-5-4-6-14(15)20-16(22)12-19;1-2/h4-7,13H,8-12,19H2,1-3H3;1-2H. The fourth-order valence-electron chi connectivity index (χ4n) is 3.28. The Morgan fingerprint density at radius 2 is 1.88 bits per heavy atom. The van der Waals surface area contributed by atoms with E-state index in [4.69, 9.17) is 10.5 Å². The highest BCUT2D eigenvalue weighted by Crippen LogP contribution is 2.29. The molecule has 0 bridgehead atoms. The fourth-order valence-corrected chi connectivity index (χ4v) is 3.28. The van der Waals surface area contributed by atoms with Gasteiger partial charge in [0.05, 0.1) is 17.6 Å². The molecule has 1 fully saturated rings. The summed E-state index contributed by atoms with van der Waals surface area (Å²) < 4.78 is 7.72. The molecule has 1 aliphatic rings. The Labute approximate surface area is 155 Å². The van der Waals surface area contributed by atoms with Crippen LogP contribution >= 0.6 is 0 Å². The van der Waals surface area contributed by atoms with Gasteiger partial charge in [-0.15, -0.1) is 12.8 Å². The molecule has 3 rings (SSSR count). The molecule has 2 heterocycles. The summed E-state index contributed by atoms with van der Waals surface area (Å²) in [4.78, 5) is 18.6. The number of nitrogens with zero attached hydrogens (tertiary/aromatic N) is 3. The number of rotatable bonds is 2. The molecule has 1 aliphatic heterocycles. The van der Waals surface area contributed by atoms with Gasteiger partial charge in [0.1, 0.15) is 11.4 Å². The minimum atomic E-state index is -0.457. The molecule has 140 valence electrons. The zero-order chi connectivity index (χ0) is 19.3. The van der Waals surface area contributed by atoms with Gasteiger partial charge < -0.3 is 19.9 Å². The van der Waals surface area contributed by atoms with E-state index in [-0.39, 0.29) is 6.09 Å². The van der Waals surface area contributed by atoms with E-state index in [0.717, 1.165) is 29.7 Å². The number of imidazole rings is 1. The number of piperidine rings is 1. The van der Waals surface area contributed by atoms with E-state index < -0.39 is 5.60 Å². The van der Waals surface area contributed by atoms with E-state index in [2.05, 4.69) is 28.5 Å². The van der Waals surface area contributed by atoms with Crippen LogP contribution in [-0.2, 0) is 11.3 Å². The van der Waals surface area contributed by atoms with Gasteiger partial charge in [0.2, 0.25) is 0 Å². The maximum atomic E-state index is 12.2. The summed E-state index contributed by atoms with van der Waals surface area (Å²) in [5, 5.41) is 0. The van der Waals surface area contributed by atoms with Crippen LogP contribution in [0, 0.1) is 12.8 Å². The third-order valence-electron chi connectivity index (χ3n) is 4.33. The van der Waals surface area contributed by atoms with Gasteiger partial charge >= 0.3 is 6.09 Å². The van der Waals surface area contributed by atoms with Gasteiger partial charge in [-0.3, -0.25) is 0 Å². The van der Waals surface area contributed by atoms with Gasteiger partial charge in [0, 0.05) is 19.1 Å². The first-order valence-electron chi connectivity index (χ1n) is 8.86. The van der Waals surface area contributed by atoms with Crippen molar-refractivity contribution >= 4 is 17.1 Å². The number of aromatic nitrogens is 2. The molecule has 0 aliphatic carbocycles. The summed E-state index contributed by atoms with van der Waals surface area (Å²) in [6.07, 6.45) is 9.54. The molecular formula is C20H28N4O2. The van der Waals surface area contributed by atoms with E-state index in [1.54, 1.807) is 4.90 Å². The maximum absolute atomic E-state index is 12.2. The van der Waals surface area contributed by atoms with Crippen molar-refractivity contribution in [1.82, 2.24) is 14.5 Å². The summed E-state index contributed by atoms with van der Waals surface area (Å²) in [5.41, 5.74) is 7.54. The highest BCUT2D eigenvalue weighted by Gasteiger charge is 2.29. The second-order valence-corrected chi connectivity index (χ2v) is 7.29. The summed E-state index contributed by atoms with van der Waals surface area (Å²) in [5.74, 6) is 0.909. The quantitative estimate of drug-likeness (QED) is 0.838. The molecule has 0 saturated carbocycles. The number of hydrogen-bond acceptors (Lipinski definition) is 4. The molecule has 6 heteroatoms. The third-order valence-corrected chi connectivity index (χ3v) is 4.33. The number of amides is 1. The first-order valence-corrected chi connectivity index (χ1v) is 8.86. The number of nitrogens with two attached hydrogens (primary N) is 1. The number of carbonyl (C=O) groups is 1. The summed E-state index contributed by atoms with van der Waals surface area (Å²) >= 11 is 0. The molecule has 1 aromatic carbocycles. The predicted molar refractivity (Wildman–Crippen MR) is 104 cm³/mol. The highest BCUT2D eigenvalue weighted by atomic mass is 16.6. The molecule has 0 radical (unpaired) electrons. The van der Waals surface area contributed by atoms with Crippen molar-refractivity contribution in [2.24, 2.45) is 5.73 Å². The first kappa shape index (κ1) is 19.8. The molecule has 26 heavy (non-hydrogen) atoms. The summed E-state index contributed by atoms with van der Waals surface area (Å²) in [6.45, 7) is 7.47. The van der Waals surface area contributed by atoms with Crippen LogP contribution in [0.2, 0.25) is 0 Å². The van der Waals surface area contributed by atoms with Crippen molar-refractivity contribution in [2.75, 3.05) is 13.1 Å². The van der Waals surface area contributed by atoms with Gasteiger partial charge in [-0.25, -0.2) is 9.78 Å². The largest absolute Gasteiger partial charge is 0.444 e. The number of carbonyl (C=O) groups excluding carboxylic acids is 1. The van der Waals surface area contributed by atoms with Crippen LogP contribution in [0.25, 0.3) is 11.0 Å². The van der Waals surface area contributed by atoms with Crippen molar-refractivity contribution in [1.29, 1.82) is 0 Å². The molecular weight excluding hydrogens is 328 g/mol. The normalized spacial score (nSPS) is 15.4. The SMILES string of the molecule is C#C.CC(C)(C)OC(=O)N1CCC(n2c(CN)nc3ccccc32)CC1. The molecule has 1 aromatic heterocycles. The minimum Gasteiger partial charge on any atom is -0.444 e. The number of fused-ring (bicyclic) bond motifs is 1. The molecule has 0 atom stereocenters. The molecule has 6 nitrogen and oxygen atoms in total. The summed E-state index contributed by atoms with van der Waals surface area (Å²) in [6, 6.07) is 8.43. The topological polar surface area (TPSA) is 73.4 Å². The zero-order valence-electron chi connectivity index (χ0n) is 15.8. The van der Waals surface area contributed by atoms with Crippen molar-refractivity contribution in [3.8, 4) is 12.8 Å². The van der Waals surface area contributed by atoms with Crippen molar-refractivity contribution in [2.45, 2.75) is 51.8 Å². The Balaban J connectivity index is 0.00000117. The first-order chi connectivity index (χ1) is 12.4. The molecule has 0 spiro atoms. The number of terminal acetylenes is 1. The monoisotopic (exact) mass is 356 g/mol.